The molecule has 0 aliphatic carbocycles. The molecule has 3 N–H and O–H groups in total. The van der Waals surface area contributed by atoms with Gasteiger partial charge in [0.15, 0.2) is 6.54 Å². The summed E-state index contributed by atoms with van der Waals surface area (Å²) in [4.78, 5) is 14.8. The molecule has 2 unspecified atom stereocenters. The number of halogens is 2. The van der Waals surface area contributed by atoms with Crippen LogP contribution in [0.1, 0.15) is 17.5 Å². The number of nitrogens with one attached hydrogen (secondary N) is 3. The minimum absolute atomic E-state index is 0.00548. The number of likely N-dealkylation sites (tertiary alicyclic amines) is 1. The Morgan fingerprint density at radius 3 is 2.78 bits per heavy atom. The van der Waals surface area contributed by atoms with E-state index in [0.717, 1.165) is 31.0 Å². The van der Waals surface area contributed by atoms with Crippen molar-refractivity contribution in [3.8, 4) is 0 Å². The first-order valence-corrected chi connectivity index (χ1v) is 9.80. The number of carbonyl (C=O) groups excluding carboxylic acids is 1. The van der Waals surface area contributed by atoms with Crippen LogP contribution in [0.15, 0.2) is 48.5 Å². The average molecular weight is 392 g/mol. The van der Waals surface area contributed by atoms with E-state index < -0.39 is 0 Å². The average Bonchev–Trinajstić information content (AvgIpc) is 3.05. The Hall–Kier alpha value is -1.95. The fourth-order valence-corrected chi connectivity index (χ4v) is 3.95. The highest BCUT2D eigenvalue weighted by Gasteiger charge is 2.28. The van der Waals surface area contributed by atoms with E-state index in [9.17, 15) is 9.18 Å². The van der Waals surface area contributed by atoms with Gasteiger partial charge >= 0.3 is 0 Å². The third-order valence-corrected chi connectivity index (χ3v) is 5.40. The molecule has 0 saturated carbocycles. The fraction of sp³-hybridized carbons (Fsp3) is 0.381. The van der Waals surface area contributed by atoms with E-state index in [1.165, 1.54) is 16.5 Å². The topological polar surface area (TPSA) is 38.0 Å². The van der Waals surface area contributed by atoms with Crippen LogP contribution < -0.4 is 15.1 Å². The van der Waals surface area contributed by atoms with Crippen molar-refractivity contribution in [2.75, 3.05) is 26.7 Å². The van der Waals surface area contributed by atoms with Gasteiger partial charge in [-0.3, -0.25) is 4.79 Å². The summed E-state index contributed by atoms with van der Waals surface area (Å²) in [6.45, 7) is 3.68. The molecule has 0 spiro atoms. The van der Waals surface area contributed by atoms with Gasteiger partial charge in [0.05, 0.1) is 36.8 Å². The lowest BCUT2D eigenvalue weighted by Crippen LogP contribution is -3.09. The molecule has 0 radical (unpaired) electrons. The molecule has 0 aromatic heterocycles. The standard InChI is InChI=1S/C21H25ClFN3O/c1-25(14-18-19(22)8-5-9-20(18)23)15-21(27)24-17-10-11-26(13-17)12-16-6-3-2-4-7-16/h2-9,17H,10-15H2,1H3,(H,24,27)/p+2/t17-/m1/s1. The van der Waals surface area contributed by atoms with E-state index in [-0.39, 0.29) is 17.8 Å². The zero-order valence-electron chi connectivity index (χ0n) is 15.6. The zero-order valence-corrected chi connectivity index (χ0v) is 16.4. The Kier molecular flexibility index (Phi) is 6.83. The molecule has 2 aromatic rings. The van der Waals surface area contributed by atoms with Crippen LogP contribution in [0.3, 0.4) is 0 Å². The van der Waals surface area contributed by atoms with Gasteiger partial charge in [-0.2, -0.15) is 0 Å². The van der Waals surface area contributed by atoms with Crippen molar-refractivity contribution in [2.45, 2.75) is 25.6 Å². The van der Waals surface area contributed by atoms with Crippen molar-refractivity contribution in [2.24, 2.45) is 0 Å². The zero-order chi connectivity index (χ0) is 19.2. The second-order valence-electron chi connectivity index (χ2n) is 7.43. The lowest BCUT2D eigenvalue weighted by Gasteiger charge is -2.17. The van der Waals surface area contributed by atoms with Crippen molar-refractivity contribution < 1.29 is 19.0 Å². The minimum Gasteiger partial charge on any atom is -0.343 e. The van der Waals surface area contributed by atoms with Crippen LogP contribution in [0.4, 0.5) is 4.39 Å². The van der Waals surface area contributed by atoms with E-state index in [1.807, 2.05) is 13.1 Å². The van der Waals surface area contributed by atoms with Crippen LogP contribution in [-0.2, 0) is 17.9 Å². The Morgan fingerprint density at radius 2 is 2.04 bits per heavy atom. The first-order chi connectivity index (χ1) is 13.0. The summed E-state index contributed by atoms with van der Waals surface area (Å²) in [6, 6.07) is 15.3. The maximum atomic E-state index is 13.9. The van der Waals surface area contributed by atoms with E-state index in [1.54, 1.807) is 12.1 Å². The van der Waals surface area contributed by atoms with Gasteiger partial charge in [0.2, 0.25) is 0 Å². The second-order valence-corrected chi connectivity index (χ2v) is 7.84. The van der Waals surface area contributed by atoms with Crippen molar-refractivity contribution in [3.05, 3.63) is 70.5 Å². The van der Waals surface area contributed by atoms with Crippen molar-refractivity contribution in [1.82, 2.24) is 5.32 Å². The Bertz CT molecular complexity index is 751. The number of amides is 1. The van der Waals surface area contributed by atoms with Gasteiger partial charge < -0.3 is 15.1 Å². The molecule has 3 rings (SSSR count). The number of rotatable bonds is 7. The molecule has 1 amide bonds. The number of hydrogen-bond donors (Lipinski definition) is 3. The summed E-state index contributed by atoms with van der Waals surface area (Å²) in [7, 11) is 1.88. The van der Waals surface area contributed by atoms with Crippen molar-refractivity contribution in [1.29, 1.82) is 0 Å². The molecule has 1 saturated heterocycles. The van der Waals surface area contributed by atoms with Gasteiger partial charge in [-0.25, -0.2) is 4.39 Å². The fourth-order valence-electron chi connectivity index (χ4n) is 3.72. The smallest absolute Gasteiger partial charge is 0.275 e. The van der Waals surface area contributed by atoms with Crippen LogP contribution in [0, 0.1) is 5.82 Å². The third-order valence-electron chi connectivity index (χ3n) is 5.05. The molecule has 1 fully saturated rings. The number of hydrogen-bond acceptors (Lipinski definition) is 1. The monoisotopic (exact) mass is 391 g/mol. The molecule has 6 heteroatoms. The Labute approximate surface area is 164 Å². The van der Waals surface area contributed by atoms with E-state index in [0.29, 0.717) is 23.7 Å². The molecule has 3 atom stereocenters. The van der Waals surface area contributed by atoms with E-state index >= 15 is 0 Å². The largest absolute Gasteiger partial charge is 0.343 e. The molecular formula is C21H27ClFN3O+2. The second kappa shape index (κ2) is 9.31. The maximum Gasteiger partial charge on any atom is 0.275 e. The van der Waals surface area contributed by atoms with Gasteiger partial charge in [0.25, 0.3) is 5.91 Å². The van der Waals surface area contributed by atoms with Gasteiger partial charge in [0, 0.05) is 12.0 Å². The number of benzene rings is 2. The molecule has 2 aromatic carbocycles. The highest BCUT2D eigenvalue weighted by molar-refractivity contribution is 6.31. The van der Waals surface area contributed by atoms with Gasteiger partial charge in [0.1, 0.15) is 18.9 Å². The summed E-state index contributed by atoms with van der Waals surface area (Å²) in [6.07, 6.45) is 0.992. The minimum atomic E-state index is -0.321. The Morgan fingerprint density at radius 1 is 1.26 bits per heavy atom. The highest BCUT2D eigenvalue weighted by Crippen LogP contribution is 2.17. The molecule has 1 aliphatic heterocycles. The highest BCUT2D eigenvalue weighted by atomic mass is 35.5. The maximum absolute atomic E-state index is 13.9. The predicted molar refractivity (Wildman–Crippen MR) is 104 cm³/mol. The number of quaternary nitrogens is 2. The summed E-state index contributed by atoms with van der Waals surface area (Å²) in [5.74, 6) is -0.316. The lowest BCUT2D eigenvalue weighted by molar-refractivity contribution is -0.901. The van der Waals surface area contributed by atoms with E-state index in [2.05, 4.69) is 29.6 Å². The third kappa shape index (κ3) is 5.76. The molecule has 144 valence electrons. The van der Waals surface area contributed by atoms with Gasteiger partial charge in [-0.1, -0.05) is 48.0 Å². The predicted octanol–water partition coefficient (Wildman–Crippen LogP) is 0.467. The molecule has 0 bridgehead atoms. The molecule has 27 heavy (non-hydrogen) atoms. The SMILES string of the molecule is C[NH+](CC(=O)N[C@@H]1CC[NH+](Cc2ccccc2)C1)Cc1c(F)cccc1Cl. The van der Waals surface area contributed by atoms with Crippen molar-refractivity contribution in [3.63, 3.8) is 0 Å². The van der Waals surface area contributed by atoms with E-state index in [4.69, 9.17) is 11.6 Å². The van der Waals surface area contributed by atoms with Gasteiger partial charge in [-0.15, -0.1) is 0 Å². The summed E-state index contributed by atoms with van der Waals surface area (Å²) in [5, 5.41) is 3.54. The first-order valence-electron chi connectivity index (χ1n) is 9.42. The number of likely N-dealkylation sites (N-methyl/N-ethyl adjacent to an activating group) is 1. The first kappa shape index (κ1) is 19.8. The number of carbonyl (C=O) groups is 1. The van der Waals surface area contributed by atoms with Crippen LogP contribution in [0.25, 0.3) is 0 Å². The van der Waals surface area contributed by atoms with Gasteiger partial charge in [-0.05, 0) is 12.1 Å². The summed E-state index contributed by atoms with van der Waals surface area (Å²) < 4.78 is 13.9. The van der Waals surface area contributed by atoms with Crippen LogP contribution in [0.5, 0.6) is 0 Å². The molecule has 1 heterocycles. The summed E-state index contributed by atoms with van der Waals surface area (Å²) >= 11 is 6.07. The lowest BCUT2D eigenvalue weighted by atomic mass is 10.2. The van der Waals surface area contributed by atoms with Crippen molar-refractivity contribution >= 4 is 17.5 Å². The Balaban J connectivity index is 1.44. The van der Waals surface area contributed by atoms with Crippen LogP contribution in [0.2, 0.25) is 5.02 Å². The van der Waals surface area contributed by atoms with Crippen LogP contribution in [-0.4, -0.2) is 38.6 Å². The van der Waals surface area contributed by atoms with Crippen LogP contribution >= 0.6 is 11.6 Å². The molecular weight excluding hydrogens is 365 g/mol. The molecule has 1 aliphatic rings. The molecule has 4 nitrogen and oxygen atoms in total. The quantitative estimate of drug-likeness (QED) is 0.630. The normalized spacial score (nSPS) is 20.4. The summed E-state index contributed by atoms with van der Waals surface area (Å²) in [5.41, 5.74) is 1.79.